The summed E-state index contributed by atoms with van der Waals surface area (Å²) in [6.45, 7) is 0. The van der Waals surface area contributed by atoms with Gasteiger partial charge in [-0.3, -0.25) is 0 Å². The minimum atomic E-state index is -0.407. The van der Waals surface area contributed by atoms with Crippen LogP contribution in [0.1, 0.15) is 0 Å². The standard InChI is InChI=1S/C9H5BrFNO/c10-7-3-5-1-2-12-9(13)6(5)4-8(7)11/h1-4H,(H,12,13). The Morgan fingerprint density at radius 2 is 2.15 bits per heavy atom. The van der Waals surface area contributed by atoms with Gasteiger partial charge in [-0.25, -0.2) is 9.37 Å². The van der Waals surface area contributed by atoms with Crippen molar-refractivity contribution in [3.05, 3.63) is 34.7 Å². The molecule has 1 heterocycles. The lowest BCUT2D eigenvalue weighted by molar-refractivity contribution is 0.460. The summed E-state index contributed by atoms with van der Waals surface area (Å²) in [4.78, 5) is 3.65. The lowest BCUT2D eigenvalue weighted by atomic mass is 10.2. The van der Waals surface area contributed by atoms with Gasteiger partial charge in [0.2, 0.25) is 5.88 Å². The summed E-state index contributed by atoms with van der Waals surface area (Å²) in [6.07, 6.45) is 1.47. The number of rotatable bonds is 0. The molecule has 0 amide bonds. The van der Waals surface area contributed by atoms with Crippen LogP contribution in [-0.4, -0.2) is 10.1 Å². The molecular formula is C9H5BrFNO. The van der Waals surface area contributed by atoms with Gasteiger partial charge in [0.05, 0.1) is 4.47 Å². The lowest BCUT2D eigenvalue weighted by Gasteiger charge is -2.00. The van der Waals surface area contributed by atoms with Gasteiger partial charge in [-0.2, -0.15) is 0 Å². The first-order valence-corrected chi connectivity index (χ1v) is 4.40. The molecule has 1 aromatic heterocycles. The van der Waals surface area contributed by atoms with Crippen LogP contribution in [0.15, 0.2) is 28.9 Å². The van der Waals surface area contributed by atoms with Gasteiger partial charge in [0.1, 0.15) is 5.82 Å². The van der Waals surface area contributed by atoms with Crippen LogP contribution < -0.4 is 0 Å². The topological polar surface area (TPSA) is 33.1 Å². The summed E-state index contributed by atoms with van der Waals surface area (Å²) in [5.41, 5.74) is 0. The molecule has 2 aromatic rings. The molecule has 0 saturated heterocycles. The molecule has 66 valence electrons. The number of nitrogens with zero attached hydrogens (tertiary/aromatic N) is 1. The van der Waals surface area contributed by atoms with Crippen LogP contribution in [-0.2, 0) is 0 Å². The van der Waals surface area contributed by atoms with Gasteiger partial charge >= 0.3 is 0 Å². The van der Waals surface area contributed by atoms with E-state index in [0.29, 0.717) is 9.86 Å². The zero-order chi connectivity index (χ0) is 9.42. The monoisotopic (exact) mass is 241 g/mol. The van der Waals surface area contributed by atoms with Crippen LogP contribution in [0.2, 0.25) is 0 Å². The molecule has 0 spiro atoms. The SMILES string of the molecule is Oc1nccc2cc(Br)c(F)cc12. The number of fused-ring (bicyclic) bond motifs is 1. The number of halogens is 2. The van der Waals surface area contributed by atoms with E-state index in [-0.39, 0.29) is 5.88 Å². The Hall–Kier alpha value is -1.16. The van der Waals surface area contributed by atoms with Gasteiger partial charge in [-0.1, -0.05) is 0 Å². The van der Waals surface area contributed by atoms with E-state index in [1.54, 1.807) is 12.1 Å². The molecule has 13 heavy (non-hydrogen) atoms. The number of aromatic hydroxyl groups is 1. The summed E-state index contributed by atoms with van der Waals surface area (Å²) >= 11 is 3.06. The Labute approximate surface area is 82.2 Å². The highest BCUT2D eigenvalue weighted by molar-refractivity contribution is 9.10. The van der Waals surface area contributed by atoms with Crippen molar-refractivity contribution < 1.29 is 9.50 Å². The van der Waals surface area contributed by atoms with E-state index in [0.717, 1.165) is 5.39 Å². The quantitative estimate of drug-likeness (QED) is 0.770. The Kier molecular flexibility index (Phi) is 1.92. The molecule has 0 fully saturated rings. The maximum Gasteiger partial charge on any atom is 0.218 e. The molecule has 2 nitrogen and oxygen atoms in total. The van der Waals surface area contributed by atoms with Crippen LogP contribution >= 0.6 is 15.9 Å². The Bertz CT molecular complexity index is 472. The molecule has 1 aromatic carbocycles. The molecule has 0 atom stereocenters. The van der Waals surface area contributed by atoms with E-state index in [9.17, 15) is 9.50 Å². The van der Waals surface area contributed by atoms with Crippen molar-refractivity contribution in [2.24, 2.45) is 0 Å². The third-order valence-electron chi connectivity index (χ3n) is 1.78. The van der Waals surface area contributed by atoms with Gasteiger partial charge in [0, 0.05) is 11.6 Å². The zero-order valence-electron chi connectivity index (χ0n) is 6.46. The van der Waals surface area contributed by atoms with E-state index in [1.807, 2.05) is 0 Å². The van der Waals surface area contributed by atoms with Crippen molar-refractivity contribution in [3.8, 4) is 5.88 Å². The maximum absolute atomic E-state index is 13.0. The second-order valence-corrected chi connectivity index (χ2v) is 3.48. The number of pyridine rings is 1. The third kappa shape index (κ3) is 1.37. The maximum atomic E-state index is 13.0. The number of hydrogen-bond acceptors (Lipinski definition) is 2. The molecule has 0 bridgehead atoms. The summed E-state index contributed by atoms with van der Waals surface area (Å²) < 4.78 is 13.4. The Morgan fingerprint density at radius 1 is 1.38 bits per heavy atom. The summed E-state index contributed by atoms with van der Waals surface area (Å²) in [6, 6.07) is 4.56. The van der Waals surface area contributed by atoms with Crippen LogP contribution in [0.4, 0.5) is 4.39 Å². The molecule has 0 saturated carbocycles. The second-order valence-electron chi connectivity index (χ2n) is 2.62. The molecule has 0 unspecified atom stereocenters. The summed E-state index contributed by atoms with van der Waals surface area (Å²) in [7, 11) is 0. The molecule has 2 rings (SSSR count). The lowest BCUT2D eigenvalue weighted by Crippen LogP contribution is -1.82. The highest BCUT2D eigenvalue weighted by atomic mass is 79.9. The highest BCUT2D eigenvalue weighted by Gasteiger charge is 2.05. The van der Waals surface area contributed by atoms with E-state index < -0.39 is 5.82 Å². The second kappa shape index (κ2) is 2.96. The van der Waals surface area contributed by atoms with Gasteiger partial charge in [0.25, 0.3) is 0 Å². The molecular weight excluding hydrogens is 237 g/mol. The van der Waals surface area contributed by atoms with E-state index in [4.69, 9.17) is 0 Å². The predicted octanol–water partition coefficient (Wildman–Crippen LogP) is 2.84. The first-order valence-electron chi connectivity index (χ1n) is 3.61. The van der Waals surface area contributed by atoms with E-state index in [2.05, 4.69) is 20.9 Å². The molecule has 0 radical (unpaired) electrons. The third-order valence-corrected chi connectivity index (χ3v) is 2.39. The Balaban J connectivity index is 2.89. The van der Waals surface area contributed by atoms with Crippen molar-refractivity contribution >= 4 is 26.7 Å². The van der Waals surface area contributed by atoms with Crippen molar-refractivity contribution in [2.75, 3.05) is 0 Å². The van der Waals surface area contributed by atoms with Crippen molar-refractivity contribution in [2.45, 2.75) is 0 Å². The summed E-state index contributed by atoms with van der Waals surface area (Å²) in [5.74, 6) is -0.556. The van der Waals surface area contributed by atoms with Gasteiger partial charge < -0.3 is 5.11 Å². The fourth-order valence-corrected chi connectivity index (χ4v) is 1.51. The average Bonchev–Trinajstić information content (AvgIpc) is 2.09. The van der Waals surface area contributed by atoms with Crippen LogP contribution in [0, 0.1) is 5.82 Å². The first kappa shape index (κ1) is 8.44. The van der Waals surface area contributed by atoms with Crippen LogP contribution in [0.25, 0.3) is 10.8 Å². The zero-order valence-corrected chi connectivity index (χ0v) is 8.05. The normalized spacial score (nSPS) is 10.6. The molecule has 4 heteroatoms. The van der Waals surface area contributed by atoms with E-state index >= 15 is 0 Å². The Morgan fingerprint density at radius 3 is 2.92 bits per heavy atom. The largest absolute Gasteiger partial charge is 0.493 e. The number of aromatic nitrogens is 1. The predicted molar refractivity (Wildman–Crippen MR) is 51.1 cm³/mol. The summed E-state index contributed by atoms with van der Waals surface area (Å²) in [5, 5.41) is 10.5. The number of benzene rings is 1. The molecule has 0 aliphatic carbocycles. The van der Waals surface area contributed by atoms with Crippen molar-refractivity contribution in [1.29, 1.82) is 0 Å². The minimum absolute atomic E-state index is 0.149. The van der Waals surface area contributed by atoms with E-state index in [1.165, 1.54) is 12.3 Å². The fourth-order valence-electron chi connectivity index (χ4n) is 1.15. The average molecular weight is 242 g/mol. The van der Waals surface area contributed by atoms with Gasteiger partial charge in [-0.05, 0) is 39.5 Å². The van der Waals surface area contributed by atoms with Gasteiger partial charge in [-0.15, -0.1) is 0 Å². The fraction of sp³-hybridized carbons (Fsp3) is 0. The van der Waals surface area contributed by atoms with Crippen LogP contribution in [0.5, 0.6) is 5.88 Å². The van der Waals surface area contributed by atoms with Crippen molar-refractivity contribution in [3.63, 3.8) is 0 Å². The number of hydrogen-bond donors (Lipinski definition) is 1. The van der Waals surface area contributed by atoms with Gasteiger partial charge in [0.15, 0.2) is 0 Å². The molecule has 1 N–H and O–H groups in total. The first-order chi connectivity index (χ1) is 6.18. The molecule has 0 aliphatic heterocycles. The van der Waals surface area contributed by atoms with Crippen LogP contribution in [0.3, 0.4) is 0 Å². The smallest absolute Gasteiger partial charge is 0.218 e. The van der Waals surface area contributed by atoms with Crippen molar-refractivity contribution in [1.82, 2.24) is 4.98 Å². The molecule has 0 aliphatic rings. The highest BCUT2D eigenvalue weighted by Crippen LogP contribution is 2.27. The minimum Gasteiger partial charge on any atom is -0.493 e.